The van der Waals surface area contributed by atoms with Gasteiger partial charge in [0.05, 0.1) is 6.26 Å². The lowest BCUT2D eigenvalue weighted by Gasteiger charge is -2.13. The molecule has 0 radical (unpaired) electrons. The van der Waals surface area contributed by atoms with Crippen molar-refractivity contribution in [3.63, 3.8) is 0 Å². The van der Waals surface area contributed by atoms with Crippen molar-refractivity contribution in [3.8, 4) is 0 Å². The largest absolute Gasteiger partial charge is 0.467 e. The highest BCUT2D eigenvalue weighted by atomic mass is 127. The highest BCUT2D eigenvalue weighted by molar-refractivity contribution is 14.0. The van der Waals surface area contributed by atoms with E-state index in [-0.39, 0.29) is 24.0 Å². The summed E-state index contributed by atoms with van der Waals surface area (Å²) in [6.45, 7) is 8.69. The fraction of sp³-hybridized carbons (Fsp3) is 0.632. The van der Waals surface area contributed by atoms with Crippen LogP contribution < -0.4 is 10.6 Å². The Labute approximate surface area is 184 Å². The molecule has 0 aliphatic heterocycles. The van der Waals surface area contributed by atoms with Crippen molar-refractivity contribution in [3.05, 3.63) is 36.3 Å². The van der Waals surface area contributed by atoms with Crippen LogP contribution in [0.4, 0.5) is 0 Å². The Bertz CT molecular complexity index is 645. The van der Waals surface area contributed by atoms with E-state index in [2.05, 4.69) is 44.2 Å². The molecule has 158 valence electrons. The second-order valence-corrected chi connectivity index (χ2v) is 6.21. The van der Waals surface area contributed by atoms with Crippen molar-refractivity contribution in [1.29, 1.82) is 0 Å². The van der Waals surface area contributed by atoms with Crippen LogP contribution in [0, 0.1) is 0 Å². The van der Waals surface area contributed by atoms with Crippen LogP contribution in [0.5, 0.6) is 0 Å². The number of hydrogen-bond acceptors (Lipinski definition) is 5. The van der Waals surface area contributed by atoms with Gasteiger partial charge in [-0.1, -0.05) is 20.3 Å². The topological polar surface area (TPSA) is 89.5 Å². The van der Waals surface area contributed by atoms with Crippen molar-refractivity contribution in [2.75, 3.05) is 26.3 Å². The van der Waals surface area contributed by atoms with E-state index in [4.69, 9.17) is 9.15 Å². The first kappa shape index (κ1) is 24.4. The van der Waals surface area contributed by atoms with Gasteiger partial charge in [0.2, 0.25) is 0 Å². The molecule has 0 bridgehead atoms. The van der Waals surface area contributed by atoms with E-state index in [1.54, 1.807) is 12.6 Å². The van der Waals surface area contributed by atoms with Gasteiger partial charge in [0.15, 0.2) is 5.96 Å². The number of furan rings is 1. The first-order valence-electron chi connectivity index (χ1n) is 9.82. The summed E-state index contributed by atoms with van der Waals surface area (Å²) in [6.07, 6.45) is 7.52. The van der Waals surface area contributed by atoms with E-state index in [0.717, 1.165) is 76.1 Å². The summed E-state index contributed by atoms with van der Waals surface area (Å²) < 4.78 is 13.0. The number of halogens is 1. The molecule has 2 aromatic rings. The molecule has 0 saturated carbocycles. The number of nitrogens with one attached hydrogen (secondary N) is 2. The predicted octanol–water partition coefficient (Wildman–Crippen LogP) is 2.99. The van der Waals surface area contributed by atoms with E-state index in [1.807, 2.05) is 12.1 Å². The molecule has 0 spiro atoms. The molecule has 0 aromatic carbocycles. The predicted molar refractivity (Wildman–Crippen MR) is 121 cm³/mol. The number of unbranched alkanes of at least 4 members (excludes halogenated alkanes) is 1. The molecule has 2 rings (SSSR count). The summed E-state index contributed by atoms with van der Waals surface area (Å²) in [5.74, 6) is 2.60. The smallest absolute Gasteiger partial charge is 0.191 e. The lowest BCUT2D eigenvalue weighted by atomic mass is 10.4. The summed E-state index contributed by atoms with van der Waals surface area (Å²) in [4.78, 5) is 4.59. The van der Waals surface area contributed by atoms with Crippen molar-refractivity contribution in [2.24, 2.45) is 4.99 Å². The Morgan fingerprint density at radius 2 is 2.04 bits per heavy atom. The first-order chi connectivity index (χ1) is 13.3. The summed E-state index contributed by atoms with van der Waals surface area (Å²) in [6, 6.07) is 3.80. The monoisotopic (exact) mass is 504 g/mol. The van der Waals surface area contributed by atoms with Gasteiger partial charge in [-0.2, -0.15) is 0 Å². The molecule has 2 heterocycles. The third-order valence-corrected chi connectivity index (χ3v) is 4.03. The van der Waals surface area contributed by atoms with Gasteiger partial charge < -0.3 is 24.4 Å². The molecule has 0 amide bonds. The molecular weight excluding hydrogens is 471 g/mol. The van der Waals surface area contributed by atoms with Crippen LogP contribution in [0.1, 0.15) is 44.7 Å². The molecule has 0 saturated heterocycles. The molecule has 0 atom stereocenters. The second kappa shape index (κ2) is 15.3. The lowest BCUT2D eigenvalue weighted by molar-refractivity contribution is 0.129. The average Bonchev–Trinajstić information content (AvgIpc) is 3.36. The van der Waals surface area contributed by atoms with Crippen LogP contribution in [-0.2, 0) is 24.2 Å². The van der Waals surface area contributed by atoms with Gasteiger partial charge in [0.25, 0.3) is 0 Å². The molecule has 9 heteroatoms. The maximum Gasteiger partial charge on any atom is 0.191 e. The molecule has 2 N–H and O–H groups in total. The van der Waals surface area contributed by atoms with Crippen molar-refractivity contribution >= 4 is 29.9 Å². The minimum Gasteiger partial charge on any atom is -0.467 e. The number of aryl methyl sites for hydroxylation is 1. The number of hydrogen-bond donors (Lipinski definition) is 2. The fourth-order valence-corrected chi connectivity index (χ4v) is 2.50. The van der Waals surface area contributed by atoms with E-state index in [0.29, 0.717) is 6.54 Å². The van der Waals surface area contributed by atoms with Crippen LogP contribution in [-0.4, -0.2) is 47.0 Å². The van der Waals surface area contributed by atoms with Gasteiger partial charge in [-0.05, 0) is 25.0 Å². The Morgan fingerprint density at radius 3 is 2.79 bits per heavy atom. The third kappa shape index (κ3) is 9.54. The summed E-state index contributed by atoms with van der Waals surface area (Å²) >= 11 is 0. The van der Waals surface area contributed by atoms with Gasteiger partial charge in [0, 0.05) is 39.3 Å². The highest BCUT2D eigenvalue weighted by Crippen LogP contribution is 2.01. The van der Waals surface area contributed by atoms with E-state index >= 15 is 0 Å². The maximum atomic E-state index is 5.60. The molecular formula is C19H33IN6O2. The van der Waals surface area contributed by atoms with E-state index in [1.165, 1.54) is 0 Å². The fourth-order valence-electron chi connectivity index (χ4n) is 2.50. The number of aliphatic imine (C=N–C) groups is 1. The molecule has 0 aliphatic carbocycles. The zero-order valence-electron chi connectivity index (χ0n) is 16.9. The average molecular weight is 504 g/mol. The quantitative estimate of drug-likeness (QED) is 0.189. The number of guanidine groups is 1. The zero-order valence-corrected chi connectivity index (χ0v) is 19.2. The molecule has 0 unspecified atom stereocenters. The van der Waals surface area contributed by atoms with Crippen molar-refractivity contribution < 1.29 is 9.15 Å². The van der Waals surface area contributed by atoms with Gasteiger partial charge in [0.1, 0.15) is 24.5 Å². The molecule has 28 heavy (non-hydrogen) atoms. The van der Waals surface area contributed by atoms with Crippen molar-refractivity contribution in [2.45, 2.75) is 52.6 Å². The van der Waals surface area contributed by atoms with Gasteiger partial charge in [-0.3, -0.25) is 0 Å². The summed E-state index contributed by atoms with van der Waals surface area (Å²) in [5.41, 5.74) is 0. The molecule has 2 aromatic heterocycles. The Kier molecular flexibility index (Phi) is 13.4. The van der Waals surface area contributed by atoms with Crippen LogP contribution >= 0.6 is 24.0 Å². The minimum atomic E-state index is 0. The number of ether oxygens (including phenoxy) is 1. The number of aromatic nitrogens is 3. The SMILES string of the molecule is CCCCOCCCNC(=NCc1ccco1)NCCn1cnnc1CC.I. The highest BCUT2D eigenvalue weighted by Gasteiger charge is 2.03. The summed E-state index contributed by atoms with van der Waals surface area (Å²) in [7, 11) is 0. The number of nitrogens with zero attached hydrogens (tertiary/aromatic N) is 4. The van der Waals surface area contributed by atoms with Gasteiger partial charge >= 0.3 is 0 Å². The minimum absolute atomic E-state index is 0. The van der Waals surface area contributed by atoms with Crippen LogP contribution in [0.15, 0.2) is 34.1 Å². The molecule has 0 fully saturated rings. The maximum absolute atomic E-state index is 5.60. The molecule has 8 nitrogen and oxygen atoms in total. The standard InChI is InChI=1S/C19H32N6O2.HI/c1-3-5-12-26-13-7-9-20-19(22-15-17-8-6-14-27-17)21-10-11-25-16-23-24-18(25)4-2;/h6,8,14,16H,3-5,7,9-13,15H2,1-2H3,(H2,20,21,22);1H. The van der Waals surface area contributed by atoms with Crippen LogP contribution in [0.3, 0.4) is 0 Å². The van der Waals surface area contributed by atoms with Crippen LogP contribution in [0.25, 0.3) is 0 Å². The normalized spacial score (nSPS) is 11.3. The van der Waals surface area contributed by atoms with Crippen LogP contribution in [0.2, 0.25) is 0 Å². The van der Waals surface area contributed by atoms with E-state index < -0.39 is 0 Å². The van der Waals surface area contributed by atoms with E-state index in [9.17, 15) is 0 Å². The number of rotatable bonds is 13. The second-order valence-electron chi connectivity index (χ2n) is 6.21. The Morgan fingerprint density at radius 1 is 1.21 bits per heavy atom. The third-order valence-electron chi connectivity index (χ3n) is 4.03. The summed E-state index contributed by atoms with van der Waals surface area (Å²) in [5, 5.41) is 14.8. The van der Waals surface area contributed by atoms with Crippen molar-refractivity contribution in [1.82, 2.24) is 25.4 Å². The Balaban J connectivity index is 0.00000392. The lowest BCUT2D eigenvalue weighted by Crippen LogP contribution is -2.39. The van der Waals surface area contributed by atoms with Gasteiger partial charge in [-0.25, -0.2) is 4.99 Å². The first-order valence-corrected chi connectivity index (χ1v) is 9.82. The van der Waals surface area contributed by atoms with Gasteiger partial charge in [-0.15, -0.1) is 34.2 Å². The molecule has 0 aliphatic rings. The zero-order chi connectivity index (χ0) is 19.2. The Hall–Kier alpha value is -1.62.